The molecule has 0 bridgehead atoms. The SMILES string of the molecule is N#Cc1ccc(-c2ncc(CNC(=O)c3ccc4c(c3)NC(=O)C3CCCN3S4(=O)=O)s2)c(F)c1. The molecule has 2 aromatic carbocycles. The predicted octanol–water partition coefficient (Wildman–Crippen LogP) is 2.86. The molecule has 1 saturated heterocycles. The number of aromatic nitrogens is 1. The third-order valence-corrected chi connectivity index (χ3v) is 8.89. The molecule has 3 heterocycles. The topological polar surface area (TPSA) is 132 Å². The van der Waals surface area contributed by atoms with Crippen molar-refractivity contribution >= 4 is 38.9 Å². The van der Waals surface area contributed by atoms with Crippen molar-refractivity contribution in [1.82, 2.24) is 14.6 Å². The Kier molecular flexibility index (Phi) is 5.84. The Morgan fingerprint density at radius 1 is 1.31 bits per heavy atom. The van der Waals surface area contributed by atoms with Gasteiger partial charge in [-0.3, -0.25) is 9.59 Å². The van der Waals surface area contributed by atoms with Gasteiger partial charge in [0.15, 0.2) is 0 Å². The second-order valence-corrected chi connectivity index (χ2v) is 11.1. The lowest BCUT2D eigenvalue weighted by Crippen LogP contribution is -2.40. The zero-order chi connectivity index (χ0) is 24.7. The van der Waals surface area contributed by atoms with Crippen LogP contribution in [0.2, 0.25) is 0 Å². The average molecular weight is 512 g/mol. The molecule has 2 aliphatic heterocycles. The molecule has 1 aromatic heterocycles. The van der Waals surface area contributed by atoms with Gasteiger partial charge in [-0.1, -0.05) is 0 Å². The van der Waals surface area contributed by atoms with E-state index in [4.69, 9.17) is 5.26 Å². The smallest absolute Gasteiger partial charge is 0.251 e. The molecule has 1 unspecified atom stereocenters. The van der Waals surface area contributed by atoms with Gasteiger partial charge in [-0.2, -0.15) is 9.57 Å². The zero-order valence-corrected chi connectivity index (χ0v) is 19.7. The van der Waals surface area contributed by atoms with Crippen LogP contribution in [-0.2, 0) is 21.4 Å². The fourth-order valence-electron chi connectivity index (χ4n) is 4.17. The van der Waals surface area contributed by atoms with Crippen LogP contribution in [0.5, 0.6) is 0 Å². The summed E-state index contributed by atoms with van der Waals surface area (Å²) in [6.07, 6.45) is 2.59. The maximum atomic E-state index is 14.3. The van der Waals surface area contributed by atoms with Gasteiger partial charge in [0.25, 0.3) is 5.91 Å². The first-order valence-corrected chi connectivity index (χ1v) is 12.9. The van der Waals surface area contributed by atoms with Gasteiger partial charge in [0.1, 0.15) is 21.8 Å². The largest absolute Gasteiger partial charge is 0.347 e. The Balaban J connectivity index is 1.32. The van der Waals surface area contributed by atoms with E-state index in [1.165, 1.54) is 52.2 Å². The maximum absolute atomic E-state index is 14.3. The number of fused-ring (bicyclic) bond motifs is 2. The molecule has 2 amide bonds. The van der Waals surface area contributed by atoms with E-state index in [9.17, 15) is 22.4 Å². The minimum absolute atomic E-state index is 0.0386. The number of thiazole rings is 1. The number of benzene rings is 2. The van der Waals surface area contributed by atoms with Gasteiger partial charge < -0.3 is 10.6 Å². The minimum Gasteiger partial charge on any atom is -0.347 e. The van der Waals surface area contributed by atoms with E-state index in [2.05, 4.69) is 15.6 Å². The van der Waals surface area contributed by atoms with Gasteiger partial charge in [-0.25, -0.2) is 17.8 Å². The summed E-state index contributed by atoms with van der Waals surface area (Å²) in [5.74, 6) is -1.44. The molecule has 35 heavy (non-hydrogen) atoms. The second kappa shape index (κ2) is 8.84. The van der Waals surface area contributed by atoms with Crippen molar-refractivity contribution < 1.29 is 22.4 Å². The lowest BCUT2D eigenvalue weighted by atomic mass is 10.1. The number of carbonyl (C=O) groups excluding carboxylic acids is 2. The van der Waals surface area contributed by atoms with Crippen molar-refractivity contribution in [3.05, 3.63) is 64.4 Å². The molecule has 0 spiro atoms. The van der Waals surface area contributed by atoms with Crippen LogP contribution in [0.3, 0.4) is 0 Å². The number of hydrogen-bond donors (Lipinski definition) is 2. The van der Waals surface area contributed by atoms with Crippen molar-refractivity contribution in [2.24, 2.45) is 0 Å². The van der Waals surface area contributed by atoms with Crippen LogP contribution >= 0.6 is 11.3 Å². The minimum atomic E-state index is -3.86. The van der Waals surface area contributed by atoms with E-state index in [-0.39, 0.29) is 40.4 Å². The summed E-state index contributed by atoms with van der Waals surface area (Å²) in [7, 11) is -3.86. The molecule has 3 aromatic rings. The number of sulfonamides is 1. The number of anilines is 1. The molecule has 9 nitrogen and oxygen atoms in total. The highest BCUT2D eigenvalue weighted by molar-refractivity contribution is 7.89. The standard InChI is InChI=1S/C23H18FN5O4S2/c24-17-8-13(10-25)3-5-16(17)23-27-12-15(34-23)11-26-21(30)14-4-6-20-18(9-14)28-22(31)19-2-1-7-29(19)35(20,32)33/h3-6,8-9,12,19H,1-2,7,11H2,(H,26,30)(H,28,31). The highest BCUT2D eigenvalue weighted by Gasteiger charge is 2.43. The lowest BCUT2D eigenvalue weighted by molar-refractivity contribution is -0.119. The molecule has 12 heteroatoms. The zero-order valence-electron chi connectivity index (χ0n) is 18.1. The van der Waals surface area contributed by atoms with Gasteiger partial charge in [0.05, 0.1) is 23.9 Å². The quantitative estimate of drug-likeness (QED) is 0.554. The number of nitrogens with zero attached hydrogens (tertiary/aromatic N) is 3. The molecule has 1 atom stereocenters. The Bertz CT molecular complexity index is 1510. The summed E-state index contributed by atoms with van der Waals surface area (Å²) in [5, 5.41) is 14.7. The normalized spacial score (nSPS) is 18.6. The molecule has 2 aliphatic rings. The Labute approximate surface area is 204 Å². The van der Waals surface area contributed by atoms with Crippen LogP contribution in [0, 0.1) is 17.1 Å². The van der Waals surface area contributed by atoms with Crippen molar-refractivity contribution in [2.45, 2.75) is 30.3 Å². The number of nitriles is 1. The molecule has 0 aliphatic carbocycles. The number of halogens is 1. The highest BCUT2D eigenvalue weighted by Crippen LogP contribution is 2.35. The fourth-order valence-corrected chi connectivity index (χ4v) is 6.83. The molecule has 5 rings (SSSR count). The van der Waals surface area contributed by atoms with E-state index < -0.39 is 33.7 Å². The van der Waals surface area contributed by atoms with Crippen LogP contribution < -0.4 is 10.6 Å². The molecule has 2 N–H and O–H groups in total. The number of carbonyl (C=O) groups is 2. The first-order chi connectivity index (χ1) is 16.8. The van der Waals surface area contributed by atoms with E-state index in [1.54, 1.807) is 0 Å². The van der Waals surface area contributed by atoms with Crippen LogP contribution in [0.4, 0.5) is 10.1 Å². The summed E-state index contributed by atoms with van der Waals surface area (Å²) < 4.78 is 41.5. The number of hydrogen-bond acceptors (Lipinski definition) is 7. The number of amides is 2. The average Bonchev–Trinajstić information content (AvgIpc) is 3.51. The number of nitrogens with one attached hydrogen (secondary N) is 2. The van der Waals surface area contributed by atoms with E-state index in [1.807, 2.05) is 6.07 Å². The van der Waals surface area contributed by atoms with E-state index in [0.29, 0.717) is 22.7 Å². The van der Waals surface area contributed by atoms with Gasteiger partial charge >= 0.3 is 0 Å². The summed E-state index contributed by atoms with van der Waals surface area (Å²) in [5.41, 5.74) is 0.729. The Morgan fingerprint density at radius 2 is 2.14 bits per heavy atom. The molecule has 0 saturated carbocycles. The monoisotopic (exact) mass is 511 g/mol. The molecular weight excluding hydrogens is 493 g/mol. The Hall–Kier alpha value is -3.66. The summed E-state index contributed by atoms with van der Waals surface area (Å²) in [6, 6.07) is 9.34. The first kappa shape index (κ1) is 23.1. The molecule has 178 valence electrons. The first-order valence-electron chi connectivity index (χ1n) is 10.7. The summed E-state index contributed by atoms with van der Waals surface area (Å²) in [4.78, 5) is 30.1. The lowest BCUT2D eigenvalue weighted by Gasteiger charge is -2.19. The molecular formula is C23H18FN5O4S2. The van der Waals surface area contributed by atoms with E-state index >= 15 is 0 Å². The summed E-state index contributed by atoms with van der Waals surface area (Å²) >= 11 is 1.20. The van der Waals surface area contributed by atoms with Gasteiger partial charge in [0.2, 0.25) is 15.9 Å². The van der Waals surface area contributed by atoms with Crippen molar-refractivity contribution in [2.75, 3.05) is 11.9 Å². The molecule has 0 radical (unpaired) electrons. The highest BCUT2D eigenvalue weighted by atomic mass is 32.2. The van der Waals surface area contributed by atoms with Crippen LogP contribution in [-0.4, -0.2) is 42.1 Å². The summed E-state index contributed by atoms with van der Waals surface area (Å²) in [6.45, 7) is 0.400. The van der Waals surface area contributed by atoms with Gasteiger partial charge in [-0.15, -0.1) is 11.3 Å². The maximum Gasteiger partial charge on any atom is 0.251 e. The van der Waals surface area contributed by atoms with Crippen LogP contribution in [0.25, 0.3) is 10.6 Å². The third-order valence-electron chi connectivity index (χ3n) is 5.90. The second-order valence-electron chi connectivity index (χ2n) is 8.09. The Morgan fingerprint density at radius 3 is 2.91 bits per heavy atom. The van der Waals surface area contributed by atoms with Crippen molar-refractivity contribution in [3.63, 3.8) is 0 Å². The molecule has 1 fully saturated rings. The van der Waals surface area contributed by atoms with Crippen molar-refractivity contribution in [1.29, 1.82) is 5.26 Å². The van der Waals surface area contributed by atoms with Gasteiger partial charge in [0, 0.05) is 28.7 Å². The van der Waals surface area contributed by atoms with Crippen molar-refractivity contribution in [3.8, 4) is 16.6 Å². The van der Waals surface area contributed by atoms with E-state index in [0.717, 1.165) is 6.07 Å². The van der Waals surface area contributed by atoms with Gasteiger partial charge in [-0.05, 0) is 49.2 Å². The predicted molar refractivity (Wildman–Crippen MR) is 125 cm³/mol. The fraction of sp³-hybridized carbons (Fsp3) is 0.217. The van der Waals surface area contributed by atoms with Crippen LogP contribution in [0.1, 0.15) is 33.6 Å². The third kappa shape index (κ3) is 4.18. The van der Waals surface area contributed by atoms with Crippen LogP contribution in [0.15, 0.2) is 47.5 Å². The number of rotatable bonds is 4.